The zero-order valence-electron chi connectivity index (χ0n) is 13.8. The molecule has 0 saturated carbocycles. The highest BCUT2D eigenvalue weighted by Crippen LogP contribution is 2.24. The van der Waals surface area contributed by atoms with E-state index in [9.17, 15) is 13.6 Å². The number of nitrogens with one attached hydrogen (secondary N) is 1. The number of aryl methyl sites for hydroxylation is 2. The zero-order valence-corrected chi connectivity index (χ0v) is 13.8. The number of rotatable bonds is 5. The van der Waals surface area contributed by atoms with Crippen LogP contribution in [0.2, 0.25) is 0 Å². The first-order chi connectivity index (χ1) is 11.9. The Bertz CT molecular complexity index is 949. The summed E-state index contributed by atoms with van der Waals surface area (Å²) < 4.78 is 34.0. The molecular formula is C19H17F2NO3. The molecule has 25 heavy (non-hydrogen) atoms. The average Bonchev–Trinajstić information content (AvgIpc) is 2.57. The summed E-state index contributed by atoms with van der Waals surface area (Å²) in [5.74, 6) is 0.0949. The largest absolute Gasteiger partial charge is 0.435 e. The van der Waals surface area contributed by atoms with Crippen LogP contribution in [0.1, 0.15) is 16.7 Å². The lowest BCUT2D eigenvalue weighted by Gasteiger charge is -2.11. The summed E-state index contributed by atoms with van der Waals surface area (Å²) in [7, 11) is 0. The molecule has 1 heterocycles. The van der Waals surface area contributed by atoms with Gasteiger partial charge in [-0.05, 0) is 54.8 Å². The summed E-state index contributed by atoms with van der Waals surface area (Å²) in [5, 5.41) is 4.04. The van der Waals surface area contributed by atoms with Gasteiger partial charge in [-0.25, -0.2) is 4.79 Å². The molecule has 0 radical (unpaired) electrons. The van der Waals surface area contributed by atoms with Crippen LogP contribution in [0.3, 0.4) is 0 Å². The van der Waals surface area contributed by atoms with E-state index >= 15 is 0 Å². The van der Waals surface area contributed by atoms with Crippen molar-refractivity contribution in [2.75, 3.05) is 5.32 Å². The summed E-state index contributed by atoms with van der Waals surface area (Å²) in [6, 6.07) is 11.6. The minimum Gasteiger partial charge on any atom is -0.435 e. The number of halogens is 2. The Balaban J connectivity index is 1.84. The molecule has 0 aliphatic carbocycles. The van der Waals surface area contributed by atoms with Crippen molar-refractivity contribution in [3.63, 3.8) is 0 Å². The molecule has 6 heteroatoms. The third-order valence-electron chi connectivity index (χ3n) is 4.08. The minimum absolute atomic E-state index is 0.0949. The van der Waals surface area contributed by atoms with Crippen LogP contribution in [0.5, 0.6) is 5.75 Å². The van der Waals surface area contributed by atoms with Crippen LogP contribution >= 0.6 is 0 Å². The molecule has 2 aromatic carbocycles. The van der Waals surface area contributed by atoms with E-state index in [4.69, 9.17) is 4.42 Å². The molecule has 0 spiro atoms. The number of anilines is 1. The quantitative estimate of drug-likeness (QED) is 0.686. The molecule has 0 atom stereocenters. The second-order valence-electron chi connectivity index (χ2n) is 5.73. The van der Waals surface area contributed by atoms with Gasteiger partial charge in [0.05, 0.1) is 0 Å². The van der Waals surface area contributed by atoms with Gasteiger partial charge in [0, 0.05) is 23.7 Å². The van der Waals surface area contributed by atoms with E-state index < -0.39 is 12.2 Å². The highest BCUT2D eigenvalue weighted by Gasteiger charge is 2.10. The van der Waals surface area contributed by atoms with Gasteiger partial charge >= 0.3 is 12.2 Å². The van der Waals surface area contributed by atoms with E-state index in [0.717, 1.165) is 27.8 Å². The summed E-state index contributed by atoms with van der Waals surface area (Å²) in [4.78, 5) is 11.8. The van der Waals surface area contributed by atoms with Crippen LogP contribution in [-0.2, 0) is 6.54 Å². The first kappa shape index (κ1) is 17.0. The van der Waals surface area contributed by atoms with Gasteiger partial charge in [0.2, 0.25) is 0 Å². The van der Waals surface area contributed by atoms with Crippen molar-refractivity contribution in [2.24, 2.45) is 0 Å². The molecular weight excluding hydrogens is 328 g/mol. The van der Waals surface area contributed by atoms with E-state index in [2.05, 4.69) is 10.1 Å². The maximum Gasteiger partial charge on any atom is 0.387 e. The Hall–Kier alpha value is -2.89. The molecule has 0 saturated heterocycles. The molecule has 0 fully saturated rings. The Morgan fingerprint density at radius 2 is 1.84 bits per heavy atom. The molecule has 0 aliphatic rings. The van der Waals surface area contributed by atoms with Gasteiger partial charge in [-0.3, -0.25) is 0 Å². The lowest BCUT2D eigenvalue weighted by atomic mass is 10.0. The third kappa shape index (κ3) is 3.79. The van der Waals surface area contributed by atoms with Crippen molar-refractivity contribution in [3.05, 3.63) is 69.6 Å². The van der Waals surface area contributed by atoms with Gasteiger partial charge in [0.15, 0.2) is 0 Å². The topological polar surface area (TPSA) is 51.5 Å². The predicted molar refractivity (Wildman–Crippen MR) is 92.4 cm³/mol. The van der Waals surface area contributed by atoms with Crippen molar-refractivity contribution in [2.45, 2.75) is 27.0 Å². The number of fused-ring (bicyclic) bond motifs is 1. The molecule has 0 aliphatic heterocycles. The van der Waals surface area contributed by atoms with E-state index in [1.807, 2.05) is 26.0 Å². The second-order valence-corrected chi connectivity index (χ2v) is 5.73. The lowest BCUT2D eigenvalue weighted by Crippen LogP contribution is -2.07. The maximum atomic E-state index is 12.2. The number of ether oxygens (including phenoxy) is 1. The van der Waals surface area contributed by atoms with Crippen LogP contribution in [0, 0.1) is 13.8 Å². The summed E-state index contributed by atoms with van der Waals surface area (Å²) in [6.45, 7) is 1.43. The number of benzene rings is 2. The standard InChI is InChI=1S/C19H17F2NO3/c1-11-3-8-16-13(9-17(23)25-18(16)12(11)2)10-22-14-4-6-15(7-5-14)24-19(20)21/h3-9,19,22H,10H2,1-2H3. The molecule has 1 aromatic heterocycles. The van der Waals surface area contributed by atoms with E-state index in [1.54, 1.807) is 12.1 Å². The van der Waals surface area contributed by atoms with Crippen LogP contribution in [0.15, 0.2) is 51.7 Å². The normalized spacial score (nSPS) is 11.1. The summed E-state index contributed by atoms with van der Waals surface area (Å²) >= 11 is 0. The van der Waals surface area contributed by atoms with Gasteiger partial charge in [-0.15, -0.1) is 0 Å². The molecule has 3 aromatic rings. The Kier molecular flexibility index (Phi) is 4.70. The molecule has 0 amide bonds. The monoisotopic (exact) mass is 345 g/mol. The molecule has 4 nitrogen and oxygen atoms in total. The molecule has 130 valence electrons. The van der Waals surface area contributed by atoms with Crippen molar-refractivity contribution in [3.8, 4) is 5.75 Å². The Labute approximate surface area is 143 Å². The van der Waals surface area contributed by atoms with Crippen LogP contribution in [0.4, 0.5) is 14.5 Å². The third-order valence-corrected chi connectivity index (χ3v) is 4.08. The van der Waals surface area contributed by atoms with Gasteiger partial charge in [-0.2, -0.15) is 8.78 Å². The van der Waals surface area contributed by atoms with Gasteiger partial charge in [-0.1, -0.05) is 12.1 Å². The highest BCUT2D eigenvalue weighted by atomic mass is 19.3. The van der Waals surface area contributed by atoms with E-state index in [1.165, 1.54) is 18.2 Å². The number of alkyl halides is 2. The van der Waals surface area contributed by atoms with Crippen molar-refractivity contribution >= 4 is 16.7 Å². The first-order valence-electron chi connectivity index (χ1n) is 7.76. The van der Waals surface area contributed by atoms with Crippen LogP contribution in [0.25, 0.3) is 11.0 Å². The van der Waals surface area contributed by atoms with Crippen LogP contribution in [-0.4, -0.2) is 6.61 Å². The SMILES string of the molecule is Cc1ccc2c(CNc3ccc(OC(F)F)cc3)cc(=O)oc2c1C. The predicted octanol–water partition coefficient (Wildman–Crippen LogP) is 4.62. The molecule has 3 rings (SSSR count). The van der Waals surface area contributed by atoms with E-state index in [0.29, 0.717) is 12.1 Å². The summed E-state index contributed by atoms with van der Waals surface area (Å²) in [5.41, 5.74) is 3.71. The van der Waals surface area contributed by atoms with Gasteiger partial charge < -0.3 is 14.5 Å². The van der Waals surface area contributed by atoms with Gasteiger partial charge in [0.1, 0.15) is 11.3 Å². The first-order valence-corrected chi connectivity index (χ1v) is 7.76. The maximum absolute atomic E-state index is 12.2. The van der Waals surface area contributed by atoms with Crippen molar-refractivity contribution < 1.29 is 17.9 Å². The summed E-state index contributed by atoms with van der Waals surface area (Å²) in [6.07, 6.45) is 0. The molecule has 0 unspecified atom stereocenters. The smallest absolute Gasteiger partial charge is 0.387 e. The zero-order chi connectivity index (χ0) is 18.0. The fourth-order valence-electron chi connectivity index (χ4n) is 2.62. The number of hydrogen-bond donors (Lipinski definition) is 1. The average molecular weight is 345 g/mol. The van der Waals surface area contributed by atoms with Crippen molar-refractivity contribution in [1.29, 1.82) is 0 Å². The molecule has 0 bridgehead atoms. The van der Waals surface area contributed by atoms with Crippen molar-refractivity contribution in [1.82, 2.24) is 0 Å². The van der Waals surface area contributed by atoms with Crippen LogP contribution < -0.4 is 15.7 Å². The second kappa shape index (κ2) is 6.93. The highest BCUT2D eigenvalue weighted by molar-refractivity contribution is 5.84. The Morgan fingerprint density at radius 1 is 1.12 bits per heavy atom. The number of hydrogen-bond acceptors (Lipinski definition) is 4. The fraction of sp³-hybridized carbons (Fsp3) is 0.211. The lowest BCUT2D eigenvalue weighted by molar-refractivity contribution is -0.0498. The molecule has 1 N–H and O–H groups in total. The Morgan fingerprint density at radius 3 is 2.52 bits per heavy atom. The fourth-order valence-corrected chi connectivity index (χ4v) is 2.62. The van der Waals surface area contributed by atoms with Gasteiger partial charge in [0.25, 0.3) is 0 Å². The minimum atomic E-state index is -2.85. The van der Waals surface area contributed by atoms with E-state index in [-0.39, 0.29) is 5.75 Å².